The zero-order chi connectivity index (χ0) is 30.8. The molecule has 0 fully saturated rings. The van der Waals surface area contributed by atoms with Gasteiger partial charge in [-0.2, -0.15) is 0 Å². The minimum atomic E-state index is -0.781. The minimum Gasteiger partial charge on any atom is -0.463 e. The van der Waals surface area contributed by atoms with Crippen LogP contribution >= 0.6 is 43.2 Å². The van der Waals surface area contributed by atoms with Crippen molar-refractivity contribution in [2.75, 3.05) is 6.61 Å². The third-order valence-corrected chi connectivity index (χ3v) is 8.89. The number of carbonyl (C=O) groups is 2. The highest BCUT2D eigenvalue weighted by atomic mass is 79.9. The van der Waals surface area contributed by atoms with E-state index < -0.39 is 18.0 Å². The predicted octanol–water partition coefficient (Wildman–Crippen LogP) is 6.51. The number of esters is 2. The Hall–Kier alpha value is -3.60. The van der Waals surface area contributed by atoms with Gasteiger partial charge in [-0.15, -0.1) is 0 Å². The summed E-state index contributed by atoms with van der Waals surface area (Å²) in [7, 11) is 0. The van der Waals surface area contributed by atoms with Gasteiger partial charge < -0.3 is 9.47 Å². The van der Waals surface area contributed by atoms with E-state index in [2.05, 4.69) is 45.7 Å². The second kappa shape index (κ2) is 13.0. The molecule has 0 spiro atoms. The summed E-state index contributed by atoms with van der Waals surface area (Å²) in [4.78, 5) is 45.1. The maximum absolute atomic E-state index is 14.2. The van der Waals surface area contributed by atoms with E-state index in [4.69, 9.17) is 14.5 Å². The van der Waals surface area contributed by atoms with E-state index in [1.807, 2.05) is 54.6 Å². The molecular formula is C33H28Br2N2O5S. The Bertz CT molecular complexity index is 1930. The minimum absolute atomic E-state index is 0.171. The Labute approximate surface area is 269 Å². The molecular weight excluding hydrogens is 696 g/mol. The van der Waals surface area contributed by atoms with Gasteiger partial charge in [0.05, 0.1) is 32.9 Å². The van der Waals surface area contributed by atoms with Gasteiger partial charge in [0.15, 0.2) is 10.6 Å². The molecule has 0 saturated carbocycles. The monoisotopic (exact) mass is 722 g/mol. The molecule has 1 atom stereocenters. The van der Waals surface area contributed by atoms with Crippen molar-refractivity contribution >= 4 is 66.9 Å². The zero-order valence-corrected chi connectivity index (χ0v) is 27.9. The fourth-order valence-corrected chi connectivity index (χ4v) is 7.23. The fourth-order valence-electron chi connectivity index (χ4n) is 4.90. The topological polar surface area (TPSA) is 87.0 Å². The molecule has 0 saturated heterocycles. The average molecular weight is 724 g/mol. The number of nitrogens with zero attached hydrogens (tertiary/aromatic N) is 2. The summed E-state index contributed by atoms with van der Waals surface area (Å²) in [6.07, 6.45) is 1.67. The molecule has 0 unspecified atom stereocenters. The Morgan fingerprint density at radius 2 is 1.77 bits per heavy atom. The summed E-state index contributed by atoms with van der Waals surface area (Å²) in [5.41, 5.74) is 3.56. The van der Waals surface area contributed by atoms with Crippen LogP contribution in [0.25, 0.3) is 11.8 Å². The quantitative estimate of drug-likeness (QED) is 0.160. The highest BCUT2D eigenvalue weighted by molar-refractivity contribution is 9.11. The predicted molar refractivity (Wildman–Crippen MR) is 175 cm³/mol. The number of thiazole rings is 1. The Kier molecular flexibility index (Phi) is 9.29. The van der Waals surface area contributed by atoms with Crippen LogP contribution in [0.3, 0.4) is 0 Å². The fraction of sp³-hybridized carbons (Fsp3) is 0.212. The molecule has 0 aliphatic carbocycles. The normalized spacial score (nSPS) is 14.9. The van der Waals surface area contributed by atoms with Crippen molar-refractivity contribution in [1.82, 2.24) is 4.57 Å². The van der Waals surface area contributed by atoms with Gasteiger partial charge in [0.25, 0.3) is 5.56 Å². The number of halogens is 2. The SMILES string of the molecule is CCOC(=O)C1=C(c2ccccc2)N=c2s/c(=C\c3cc(Br)cc(Br)c3OC(C)=O)c(=O)n2[C@H]1c1ccc(C(C)C)cc1. The number of rotatable bonds is 7. The second-order valence-electron chi connectivity index (χ2n) is 10.2. The number of aromatic nitrogens is 1. The molecule has 10 heteroatoms. The first-order chi connectivity index (χ1) is 20.6. The summed E-state index contributed by atoms with van der Waals surface area (Å²) in [6, 6.07) is 20.1. The summed E-state index contributed by atoms with van der Waals surface area (Å²) in [5, 5.41) is 0. The Morgan fingerprint density at radius 1 is 1.07 bits per heavy atom. The number of carbonyl (C=O) groups excluding carboxylic acids is 2. The lowest BCUT2D eigenvalue weighted by Gasteiger charge is -2.26. The molecule has 1 aliphatic heterocycles. The van der Waals surface area contributed by atoms with Gasteiger partial charge in [-0.25, -0.2) is 9.79 Å². The van der Waals surface area contributed by atoms with Crippen LogP contribution in [0.15, 0.2) is 91.0 Å². The number of hydrogen-bond donors (Lipinski definition) is 0. The molecule has 220 valence electrons. The lowest BCUT2D eigenvalue weighted by atomic mass is 9.91. The molecule has 0 radical (unpaired) electrons. The highest BCUT2D eigenvalue weighted by Gasteiger charge is 2.35. The maximum Gasteiger partial charge on any atom is 0.338 e. The van der Waals surface area contributed by atoms with Crippen LogP contribution in [-0.4, -0.2) is 23.1 Å². The summed E-state index contributed by atoms with van der Waals surface area (Å²) < 4.78 is 14.2. The van der Waals surface area contributed by atoms with E-state index in [9.17, 15) is 14.4 Å². The molecule has 1 aromatic heterocycles. The second-order valence-corrected chi connectivity index (χ2v) is 12.9. The van der Waals surface area contributed by atoms with Crippen LogP contribution in [0.5, 0.6) is 5.75 Å². The molecule has 1 aliphatic rings. The standard InChI is InChI=1S/C33H28Br2N2O5S/c1-5-41-32(40)27-28(21-9-7-6-8-10-21)36-33-37(29(27)22-13-11-20(12-14-22)18(2)3)31(39)26(43-33)16-23-15-24(34)17-25(35)30(23)42-19(4)38/h6-18,29H,5H2,1-4H3/b26-16-/t29-/m0/s1. The van der Waals surface area contributed by atoms with Crippen LogP contribution in [0.4, 0.5) is 0 Å². The summed E-state index contributed by atoms with van der Waals surface area (Å²) in [6.45, 7) is 7.46. The molecule has 3 aromatic carbocycles. The van der Waals surface area contributed by atoms with Crippen LogP contribution < -0.4 is 19.6 Å². The van der Waals surface area contributed by atoms with Gasteiger partial charge in [0, 0.05) is 22.5 Å². The molecule has 0 bridgehead atoms. The lowest BCUT2D eigenvalue weighted by Crippen LogP contribution is -2.40. The van der Waals surface area contributed by atoms with Gasteiger partial charge in [0.2, 0.25) is 0 Å². The largest absolute Gasteiger partial charge is 0.463 e. The lowest BCUT2D eigenvalue weighted by molar-refractivity contribution is -0.139. The molecule has 7 nitrogen and oxygen atoms in total. The molecule has 0 amide bonds. The Balaban J connectivity index is 1.83. The third-order valence-electron chi connectivity index (χ3n) is 6.86. The van der Waals surface area contributed by atoms with Crippen molar-refractivity contribution in [2.45, 2.75) is 39.7 Å². The molecule has 4 aromatic rings. The number of hydrogen-bond acceptors (Lipinski definition) is 7. The van der Waals surface area contributed by atoms with Gasteiger partial charge in [-0.1, -0.05) is 95.7 Å². The van der Waals surface area contributed by atoms with Crippen molar-refractivity contribution in [3.8, 4) is 5.75 Å². The summed E-state index contributed by atoms with van der Waals surface area (Å²) in [5.74, 6) is -0.424. The first-order valence-corrected chi connectivity index (χ1v) is 16.0. The molecule has 0 N–H and O–H groups in total. The average Bonchev–Trinajstić information content (AvgIpc) is 3.28. The molecule has 2 heterocycles. The van der Waals surface area contributed by atoms with Crippen LogP contribution in [0.2, 0.25) is 0 Å². The smallest absolute Gasteiger partial charge is 0.338 e. The summed E-state index contributed by atoms with van der Waals surface area (Å²) >= 11 is 8.14. The van der Waals surface area contributed by atoms with Crippen molar-refractivity contribution < 1.29 is 19.1 Å². The van der Waals surface area contributed by atoms with Crippen molar-refractivity contribution in [3.63, 3.8) is 0 Å². The van der Waals surface area contributed by atoms with E-state index in [0.717, 1.165) is 21.2 Å². The van der Waals surface area contributed by atoms with E-state index in [1.54, 1.807) is 29.7 Å². The maximum atomic E-state index is 14.2. The first kappa shape index (κ1) is 30.8. The third kappa shape index (κ3) is 6.37. The molecule has 43 heavy (non-hydrogen) atoms. The van der Waals surface area contributed by atoms with E-state index >= 15 is 0 Å². The van der Waals surface area contributed by atoms with Gasteiger partial charge in [0.1, 0.15) is 0 Å². The van der Waals surface area contributed by atoms with Crippen LogP contribution in [0.1, 0.15) is 61.9 Å². The van der Waals surface area contributed by atoms with Crippen LogP contribution in [-0.2, 0) is 14.3 Å². The van der Waals surface area contributed by atoms with E-state index in [0.29, 0.717) is 36.7 Å². The highest BCUT2D eigenvalue weighted by Crippen LogP contribution is 2.36. The molecule has 5 rings (SSSR count). The zero-order valence-electron chi connectivity index (χ0n) is 23.9. The van der Waals surface area contributed by atoms with Gasteiger partial charge in [-0.3, -0.25) is 14.2 Å². The van der Waals surface area contributed by atoms with Gasteiger partial charge >= 0.3 is 11.9 Å². The van der Waals surface area contributed by atoms with Crippen molar-refractivity contribution in [2.24, 2.45) is 4.99 Å². The van der Waals surface area contributed by atoms with Crippen molar-refractivity contribution in [1.29, 1.82) is 0 Å². The number of benzene rings is 3. The van der Waals surface area contributed by atoms with E-state index in [-0.39, 0.29) is 17.7 Å². The number of fused-ring (bicyclic) bond motifs is 1. The van der Waals surface area contributed by atoms with Gasteiger partial charge in [-0.05, 0) is 58.1 Å². The first-order valence-electron chi connectivity index (χ1n) is 13.6. The van der Waals surface area contributed by atoms with Crippen LogP contribution in [0, 0.1) is 0 Å². The number of ether oxygens (including phenoxy) is 2. The van der Waals surface area contributed by atoms with Crippen molar-refractivity contribution in [3.05, 3.63) is 123 Å². The Morgan fingerprint density at radius 3 is 2.40 bits per heavy atom. The van der Waals surface area contributed by atoms with E-state index in [1.165, 1.54) is 18.3 Å².